The lowest BCUT2D eigenvalue weighted by atomic mass is 9.92. The van der Waals surface area contributed by atoms with E-state index in [2.05, 4.69) is 5.32 Å². The lowest BCUT2D eigenvalue weighted by molar-refractivity contribution is -0.138. The van der Waals surface area contributed by atoms with Gasteiger partial charge in [0.05, 0.1) is 11.7 Å². The van der Waals surface area contributed by atoms with Crippen molar-refractivity contribution in [1.29, 1.82) is 0 Å². The predicted octanol–water partition coefficient (Wildman–Crippen LogP) is 3.75. The van der Waals surface area contributed by atoms with E-state index in [1.165, 1.54) is 12.1 Å². The van der Waals surface area contributed by atoms with Gasteiger partial charge in [0.25, 0.3) is 0 Å². The van der Waals surface area contributed by atoms with Gasteiger partial charge in [0.15, 0.2) is 0 Å². The van der Waals surface area contributed by atoms with Crippen molar-refractivity contribution in [3.63, 3.8) is 0 Å². The standard InChI is InChI=1S/C15H20F3NO/c1-20-14-9-5-4-8-13(14)19-10-11-6-2-3-7-12(11)15(16,17)18/h2-3,6-7,13-14,19H,4-5,8-10H2,1H3. The van der Waals surface area contributed by atoms with Gasteiger partial charge in [-0.3, -0.25) is 0 Å². The average molecular weight is 287 g/mol. The molecule has 0 aliphatic heterocycles. The maximum atomic E-state index is 12.9. The van der Waals surface area contributed by atoms with E-state index in [9.17, 15) is 13.2 Å². The van der Waals surface area contributed by atoms with E-state index in [4.69, 9.17) is 4.74 Å². The van der Waals surface area contributed by atoms with Gasteiger partial charge in [-0.05, 0) is 24.5 Å². The minimum atomic E-state index is -4.30. The van der Waals surface area contributed by atoms with E-state index in [1.807, 2.05) is 0 Å². The largest absolute Gasteiger partial charge is 0.416 e. The van der Waals surface area contributed by atoms with E-state index in [0.29, 0.717) is 5.56 Å². The summed E-state index contributed by atoms with van der Waals surface area (Å²) in [7, 11) is 1.66. The van der Waals surface area contributed by atoms with Gasteiger partial charge in [0.1, 0.15) is 0 Å². The quantitative estimate of drug-likeness (QED) is 0.910. The Hall–Kier alpha value is -1.07. The summed E-state index contributed by atoms with van der Waals surface area (Å²) in [6.07, 6.45) is -0.0663. The van der Waals surface area contributed by atoms with E-state index in [-0.39, 0.29) is 18.7 Å². The lowest BCUT2D eigenvalue weighted by Gasteiger charge is -2.31. The first-order chi connectivity index (χ1) is 9.52. The topological polar surface area (TPSA) is 21.3 Å². The molecule has 20 heavy (non-hydrogen) atoms. The smallest absolute Gasteiger partial charge is 0.380 e. The summed E-state index contributed by atoms with van der Waals surface area (Å²) in [5.41, 5.74) is -0.266. The highest BCUT2D eigenvalue weighted by Crippen LogP contribution is 2.32. The number of halogens is 3. The second-order valence-electron chi connectivity index (χ2n) is 5.20. The van der Waals surface area contributed by atoms with Crippen LogP contribution in [0.15, 0.2) is 24.3 Å². The predicted molar refractivity (Wildman–Crippen MR) is 71.3 cm³/mol. The number of rotatable bonds is 4. The van der Waals surface area contributed by atoms with Crippen LogP contribution in [-0.2, 0) is 17.5 Å². The number of methoxy groups -OCH3 is 1. The fraction of sp³-hybridized carbons (Fsp3) is 0.600. The Bertz CT molecular complexity index is 433. The van der Waals surface area contributed by atoms with Crippen molar-refractivity contribution in [2.75, 3.05) is 7.11 Å². The van der Waals surface area contributed by atoms with Gasteiger partial charge in [-0.2, -0.15) is 13.2 Å². The van der Waals surface area contributed by atoms with Gasteiger partial charge < -0.3 is 10.1 Å². The minimum Gasteiger partial charge on any atom is -0.380 e. The molecule has 1 aliphatic rings. The summed E-state index contributed by atoms with van der Waals surface area (Å²) in [5.74, 6) is 0. The molecule has 0 radical (unpaired) electrons. The minimum absolute atomic E-state index is 0.0989. The van der Waals surface area contributed by atoms with Crippen LogP contribution >= 0.6 is 0 Å². The van der Waals surface area contributed by atoms with Crippen LogP contribution in [0, 0.1) is 0 Å². The van der Waals surface area contributed by atoms with Gasteiger partial charge in [-0.1, -0.05) is 31.0 Å². The Balaban J connectivity index is 2.03. The molecule has 1 fully saturated rings. The third kappa shape index (κ3) is 3.73. The molecule has 2 rings (SSSR count). The zero-order chi connectivity index (χ0) is 14.6. The Labute approximate surface area is 117 Å². The second kappa shape index (κ2) is 6.59. The zero-order valence-electron chi connectivity index (χ0n) is 11.5. The molecule has 112 valence electrons. The number of nitrogens with one attached hydrogen (secondary N) is 1. The molecule has 0 saturated heterocycles. The first-order valence-electron chi connectivity index (χ1n) is 6.93. The Morgan fingerprint density at radius 1 is 1.20 bits per heavy atom. The molecular weight excluding hydrogens is 267 g/mol. The molecule has 2 atom stereocenters. The van der Waals surface area contributed by atoms with Crippen LogP contribution in [0.2, 0.25) is 0 Å². The molecule has 1 saturated carbocycles. The molecule has 1 aromatic rings. The summed E-state index contributed by atoms with van der Waals surface area (Å²) in [5, 5.41) is 3.23. The Morgan fingerprint density at radius 3 is 2.60 bits per heavy atom. The Morgan fingerprint density at radius 2 is 1.90 bits per heavy atom. The first-order valence-corrected chi connectivity index (χ1v) is 6.93. The second-order valence-corrected chi connectivity index (χ2v) is 5.20. The maximum Gasteiger partial charge on any atom is 0.416 e. The van der Waals surface area contributed by atoms with Crippen LogP contribution in [0.1, 0.15) is 36.8 Å². The summed E-state index contributed by atoms with van der Waals surface area (Å²) < 4.78 is 44.1. The zero-order valence-corrected chi connectivity index (χ0v) is 11.5. The van der Waals surface area contributed by atoms with Crippen LogP contribution in [0.25, 0.3) is 0 Å². The molecule has 0 heterocycles. The van der Waals surface area contributed by atoms with Gasteiger partial charge in [-0.15, -0.1) is 0 Å². The normalized spacial score (nSPS) is 23.8. The van der Waals surface area contributed by atoms with Crippen LogP contribution < -0.4 is 5.32 Å². The van der Waals surface area contributed by atoms with E-state index in [0.717, 1.165) is 31.7 Å². The van der Waals surface area contributed by atoms with Crippen molar-refractivity contribution in [2.45, 2.75) is 50.6 Å². The fourth-order valence-electron chi connectivity index (χ4n) is 2.80. The van der Waals surface area contributed by atoms with Crippen LogP contribution in [0.3, 0.4) is 0 Å². The van der Waals surface area contributed by atoms with E-state index in [1.54, 1.807) is 13.2 Å². The van der Waals surface area contributed by atoms with Gasteiger partial charge in [0.2, 0.25) is 0 Å². The molecule has 0 bridgehead atoms. The number of benzene rings is 1. The van der Waals surface area contributed by atoms with Gasteiger partial charge >= 0.3 is 6.18 Å². The molecule has 1 aromatic carbocycles. The summed E-state index contributed by atoms with van der Waals surface area (Å²) >= 11 is 0. The molecule has 2 unspecified atom stereocenters. The number of alkyl halides is 3. The molecule has 5 heteroatoms. The molecule has 0 spiro atoms. The fourth-order valence-corrected chi connectivity index (χ4v) is 2.80. The highest BCUT2D eigenvalue weighted by Gasteiger charge is 2.33. The van der Waals surface area contributed by atoms with Gasteiger partial charge in [0, 0.05) is 19.7 Å². The third-order valence-corrected chi connectivity index (χ3v) is 3.88. The number of ether oxygens (including phenoxy) is 1. The highest BCUT2D eigenvalue weighted by atomic mass is 19.4. The summed E-state index contributed by atoms with van der Waals surface area (Å²) in [6, 6.07) is 5.85. The van der Waals surface area contributed by atoms with E-state index < -0.39 is 11.7 Å². The van der Waals surface area contributed by atoms with Crippen molar-refractivity contribution < 1.29 is 17.9 Å². The lowest BCUT2D eigenvalue weighted by Crippen LogP contribution is -2.42. The monoisotopic (exact) mass is 287 g/mol. The van der Waals surface area contributed by atoms with Crippen molar-refractivity contribution >= 4 is 0 Å². The molecular formula is C15H20F3NO. The Kier molecular flexibility index (Phi) is 5.05. The third-order valence-electron chi connectivity index (χ3n) is 3.88. The van der Waals surface area contributed by atoms with E-state index >= 15 is 0 Å². The average Bonchev–Trinajstić information content (AvgIpc) is 2.44. The van der Waals surface area contributed by atoms with Gasteiger partial charge in [-0.25, -0.2) is 0 Å². The van der Waals surface area contributed by atoms with Crippen molar-refractivity contribution in [3.05, 3.63) is 35.4 Å². The first kappa shape index (κ1) is 15.3. The van der Waals surface area contributed by atoms with Crippen LogP contribution in [-0.4, -0.2) is 19.3 Å². The number of hydrogen-bond donors (Lipinski definition) is 1. The van der Waals surface area contributed by atoms with Crippen molar-refractivity contribution in [1.82, 2.24) is 5.32 Å². The molecule has 1 N–H and O–H groups in total. The molecule has 0 amide bonds. The highest BCUT2D eigenvalue weighted by molar-refractivity contribution is 5.29. The SMILES string of the molecule is COC1CCCCC1NCc1ccccc1C(F)(F)F. The van der Waals surface area contributed by atoms with Crippen LogP contribution in [0.4, 0.5) is 13.2 Å². The van der Waals surface area contributed by atoms with Crippen molar-refractivity contribution in [3.8, 4) is 0 Å². The maximum absolute atomic E-state index is 12.9. The summed E-state index contributed by atoms with van der Waals surface area (Å²) in [4.78, 5) is 0. The summed E-state index contributed by atoms with van der Waals surface area (Å²) in [6.45, 7) is 0.222. The molecule has 0 aromatic heterocycles. The van der Waals surface area contributed by atoms with Crippen molar-refractivity contribution in [2.24, 2.45) is 0 Å². The molecule has 1 aliphatic carbocycles. The number of hydrogen-bond acceptors (Lipinski definition) is 2. The molecule has 2 nitrogen and oxygen atoms in total. The van der Waals surface area contributed by atoms with Crippen LogP contribution in [0.5, 0.6) is 0 Å².